The van der Waals surface area contributed by atoms with E-state index in [0.29, 0.717) is 40.8 Å². The van der Waals surface area contributed by atoms with E-state index in [9.17, 15) is 14.4 Å². The first-order chi connectivity index (χ1) is 26.0. The topological polar surface area (TPSA) is 165 Å². The number of ether oxygens (including phenoxy) is 2. The van der Waals surface area contributed by atoms with Gasteiger partial charge in [-0.05, 0) is 70.4 Å². The molecule has 2 amide bonds. The molecule has 1 atom stereocenters. The Kier molecular flexibility index (Phi) is 12.4. The lowest BCUT2D eigenvalue weighted by Crippen LogP contribution is -2.30. The van der Waals surface area contributed by atoms with Crippen LogP contribution in [0.15, 0.2) is 41.4 Å². The highest BCUT2D eigenvalue weighted by molar-refractivity contribution is 7.15. The van der Waals surface area contributed by atoms with E-state index in [-0.39, 0.29) is 36.2 Å². The van der Waals surface area contributed by atoms with E-state index >= 15 is 0 Å². The number of aliphatic imine (C=N–C) groups is 1. The van der Waals surface area contributed by atoms with Crippen molar-refractivity contribution in [1.82, 2.24) is 35.4 Å². The molecule has 6 rings (SSSR count). The van der Waals surface area contributed by atoms with Crippen LogP contribution in [-0.4, -0.2) is 75.0 Å². The van der Waals surface area contributed by atoms with Gasteiger partial charge in [0.1, 0.15) is 39.5 Å². The molecule has 3 aromatic heterocycles. The molecule has 54 heavy (non-hydrogen) atoms. The number of nitrogens with zero attached hydrogens (tertiary/aromatic N) is 5. The van der Waals surface area contributed by atoms with Crippen LogP contribution in [0.1, 0.15) is 100 Å². The van der Waals surface area contributed by atoms with E-state index in [1.54, 1.807) is 30.4 Å². The minimum Gasteiger partial charge on any atom is -0.483 e. The van der Waals surface area contributed by atoms with Crippen molar-refractivity contribution in [3.8, 4) is 10.8 Å². The number of hydrogen-bond donors (Lipinski definition) is 3. The number of methoxy groups -OCH3 is 1. The van der Waals surface area contributed by atoms with Crippen LogP contribution in [0.5, 0.6) is 5.75 Å². The zero-order chi connectivity index (χ0) is 38.4. The van der Waals surface area contributed by atoms with E-state index in [2.05, 4.69) is 49.2 Å². The number of fused-ring (bicyclic) bond motifs is 4. The predicted octanol–water partition coefficient (Wildman–Crippen LogP) is 6.81. The molecule has 0 bridgehead atoms. The number of amides is 2. The average molecular weight is 773 g/mol. The van der Waals surface area contributed by atoms with Crippen molar-refractivity contribution < 1.29 is 23.9 Å². The highest BCUT2D eigenvalue weighted by Crippen LogP contribution is 2.39. The maximum atomic E-state index is 13.2. The van der Waals surface area contributed by atoms with Gasteiger partial charge in [-0.15, -0.1) is 21.5 Å². The van der Waals surface area contributed by atoms with Gasteiger partial charge in [-0.2, -0.15) is 0 Å². The van der Waals surface area contributed by atoms with Gasteiger partial charge in [0.2, 0.25) is 5.91 Å². The highest BCUT2D eigenvalue weighted by atomic mass is 35.5. The first-order valence-corrected chi connectivity index (χ1v) is 19.3. The Morgan fingerprint density at radius 1 is 0.907 bits per heavy atom. The molecule has 0 saturated carbocycles. The summed E-state index contributed by atoms with van der Waals surface area (Å²) in [6, 6.07) is 10.5. The number of aromatic nitrogens is 5. The Morgan fingerprint density at radius 2 is 1.59 bits per heavy atom. The molecule has 0 saturated heterocycles. The van der Waals surface area contributed by atoms with Crippen LogP contribution in [0.4, 0.5) is 0 Å². The number of aryl methyl sites for hydroxylation is 3. The third-order valence-corrected chi connectivity index (χ3v) is 10.9. The third kappa shape index (κ3) is 8.65. The molecule has 15 heteroatoms. The van der Waals surface area contributed by atoms with E-state index in [4.69, 9.17) is 26.1 Å². The molecular formula is C39H45ClN8O5S. The van der Waals surface area contributed by atoms with Crippen molar-refractivity contribution in [1.29, 1.82) is 0 Å². The van der Waals surface area contributed by atoms with Crippen molar-refractivity contribution in [2.24, 2.45) is 4.99 Å². The van der Waals surface area contributed by atoms with Crippen LogP contribution < -0.4 is 15.4 Å². The van der Waals surface area contributed by atoms with Crippen LogP contribution in [0.25, 0.3) is 16.0 Å². The molecule has 0 spiro atoms. The van der Waals surface area contributed by atoms with Crippen LogP contribution in [0, 0.1) is 27.7 Å². The molecule has 5 aromatic rings. The number of thiophene rings is 1. The number of benzene rings is 2. The standard InChI is InChI=1S/C39H45ClN8O5S/c1-22-23(2)54-38-33(22)35(26-12-14-27(40)15-13-26)45-29(37-47-46-25(4)48(37)38)20-31(49)41-18-10-8-6-7-9-11-19-42-32(50)21-53-30-17-16-28-36(44-24(3)43-28)34(30)39(51)52-5/h12-17,29H,6-11,18-21H2,1-5H3,(H,41,49)(H,42,50)(H,43,44)/t29-/m0/s1. The third-order valence-electron chi connectivity index (χ3n) is 9.47. The van der Waals surface area contributed by atoms with E-state index in [1.165, 1.54) is 12.0 Å². The summed E-state index contributed by atoms with van der Waals surface area (Å²) in [4.78, 5) is 51.9. The van der Waals surface area contributed by atoms with Crippen molar-refractivity contribution in [3.63, 3.8) is 0 Å². The average Bonchev–Trinajstić information content (AvgIpc) is 3.79. The monoisotopic (exact) mass is 772 g/mol. The summed E-state index contributed by atoms with van der Waals surface area (Å²) in [7, 11) is 1.29. The zero-order valence-electron chi connectivity index (χ0n) is 31.2. The molecule has 0 fully saturated rings. The van der Waals surface area contributed by atoms with Gasteiger partial charge in [0.25, 0.3) is 5.91 Å². The lowest BCUT2D eigenvalue weighted by Gasteiger charge is -2.13. The van der Waals surface area contributed by atoms with E-state index in [1.807, 2.05) is 31.2 Å². The molecule has 1 aliphatic rings. The molecule has 3 N–H and O–H groups in total. The van der Waals surface area contributed by atoms with Gasteiger partial charge in [-0.25, -0.2) is 9.78 Å². The van der Waals surface area contributed by atoms with E-state index < -0.39 is 12.0 Å². The lowest BCUT2D eigenvalue weighted by atomic mass is 9.99. The van der Waals surface area contributed by atoms with Gasteiger partial charge >= 0.3 is 5.97 Å². The van der Waals surface area contributed by atoms with Gasteiger partial charge in [-0.3, -0.25) is 19.1 Å². The molecule has 2 aromatic carbocycles. The summed E-state index contributed by atoms with van der Waals surface area (Å²) in [5.74, 6) is 1.39. The number of halogens is 1. The Labute approximate surface area is 322 Å². The number of unbranched alkanes of at least 4 members (excludes halogenated alkanes) is 5. The minimum absolute atomic E-state index is 0.0809. The summed E-state index contributed by atoms with van der Waals surface area (Å²) in [6.45, 7) is 8.81. The second-order valence-corrected chi connectivity index (χ2v) is 15.0. The molecule has 0 unspecified atom stereocenters. The minimum atomic E-state index is -0.581. The summed E-state index contributed by atoms with van der Waals surface area (Å²) in [6.07, 6.45) is 5.86. The fourth-order valence-corrected chi connectivity index (χ4v) is 7.93. The van der Waals surface area contributed by atoms with E-state index in [0.717, 1.165) is 71.8 Å². The second kappa shape index (κ2) is 17.4. The van der Waals surface area contributed by atoms with Gasteiger partial charge in [0.05, 0.1) is 24.8 Å². The Balaban J connectivity index is 0.916. The fraction of sp³-hybridized carbons (Fsp3) is 0.410. The number of rotatable bonds is 16. The van der Waals surface area contributed by atoms with Gasteiger partial charge in [0, 0.05) is 34.1 Å². The Hall–Kier alpha value is -5.08. The number of carbonyl (C=O) groups excluding carboxylic acids is 3. The van der Waals surface area contributed by atoms with Crippen LogP contribution in [-0.2, 0) is 14.3 Å². The smallest absolute Gasteiger partial charge is 0.343 e. The first-order valence-electron chi connectivity index (χ1n) is 18.2. The Morgan fingerprint density at radius 3 is 2.30 bits per heavy atom. The molecule has 284 valence electrons. The number of hydrogen-bond acceptors (Lipinski definition) is 10. The summed E-state index contributed by atoms with van der Waals surface area (Å²) in [5, 5.41) is 16.5. The highest BCUT2D eigenvalue weighted by Gasteiger charge is 2.32. The predicted molar refractivity (Wildman–Crippen MR) is 209 cm³/mol. The molecule has 4 heterocycles. The van der Waals surface area contributed by atoms with Crippen molar-refractivity contribution in [2.75, 3.05) is 26.8 Å². The number of esters is 1. The van der Waals surface area contributed by atoms with Crippen LogP contribution >= 0.6 is 22.9 Å². The maximum absolute atomic E-state index is 13.2. The molecule has 13 nitrogen and oxygen atoms in total. The summed E-state index contributed by atoms with van der Waals surface area (Å²) >= 11 is 7.90. The normalized spacial score (nSPS) is 13.5. The molecule has 0 radical (unpaired) electrons. The maximum Gasteiger partial charge on any atom is 0.343 e. The molecule has 0 aliphatic carbocycles. The van der Waals surface area contributed by atoms with Crippen LogP contribution in [0.2, 0.25) is 5.02 Å². The number of imidazole rings is 1. The van der Waals surface area contributed by atoms with Crippen molar-refractivity contribution in [3.05, 3.63) is 86.0 Å². The number of nitrogens with one attached hydrogen (secondary N) is 3. The molecular weight excluding hydrogens is 728 g/mol. The fourth-order valence-electron chi connectivity index (χ4n) is 6.59. The number of carbonyl (C=O) groups is 3. The Bertz CT molecular complexity index is 2190. The first kappa shape index (κ1) is 38.6. The molecule has 1 aliphatic heterocycles. The summed E-state index contributed by atoms with van der Waals surface area (Å²) < 4.78 is 12.7. The van der Waals surface area contributed by atoms with Gasteiger partial charge < -0.3 is 25.1 Å². The van der Waals surface area contributed by atoms with Crippen molar-refractivity contribution in [2.45, 2.75) is 78.7 Å². The largest absolute Gasteiger partial charge is 0.483 e. The second-order valence-electron chi connectivity index (χ2n) is 13.4. The van der Waals surface area contributed by atoms with Gasteiger partial charge in [-0.1, -0.05) is 49.4 Å². The van der Waals surface area contributed by atoms with Crippen LogP contribution in [0.3, 0.4) is 0 Å². The van der Waals surface area contributed by atoms with Gasteiger partial charge in [0.15, 0.2) is 12.4 Å². The summed E-state index contributed by atoms with van der Waals surface area (Å²) in [5.41, 5.74) is 5.26. The SMILES string of the molecule is COC(=O)c1c(OCC(=O)NCCCCCCCCNC(=O)C[C@@H]2N=C(c3ccc(Cl)cc3)c3c(sc(C)c3C)-n3c(C)nnc32)ccc2[nH]c(C)nc12. The number of aromatic amines is 1. The quantitative estimate of drug-likeness (QED) is 0.0727. The van der Waals surface area contributed by atoms with Crippen molar-refractivity contribution >= 4 is 57.5 Å². The number of H-pyrrole nitrogens is 1. The lowest BCUT2D eigenvalue weighted by molar-refractivity contribution is -0.123. The zero-order valence-corrected chi connectivity index (χ0v) is 32.7.